The molecule has 20 heavy (non-hydrogen) atoms. The summed E-state index contributed by atoms with van der Waals surface area (Å²) in [7, 11) is 0. The molecule has 4 nitrogen and oxygen atoms in total. The lowest BCUT2D eigenvalue weighted by molar-refractivity contribution is -0.385. The Morgan fingerprint density at radius 2 is 2.00 bits per heavy atom. The van der Waals surface area contributed by atoms with Crippen molar-refractivity contribution in [2.45, 2.75) is 52.5 Å². The lowest BCUT2D eigenvalue weighted by Gasteiger charge is -2.22. The molecule has 0 aliphatic carbocycles. The summed E-state index contributed by atoms with van der Waals surface area (Å²) < 4.78 is 0. The fraction of sp³-hybridized carbons (Fsp3) is 0.625. The summed E-state index contributed by atoms with van der Waals surface area (Å²) in [5.41, 5.74) is 1.09. The van der Waals surface area contributed by atoms with E-state index in [0.717, 1.165) is 37.8 Å². The Labute approximate surface area is 121 Å². The maximum atomic E-state index is 11.0. The fourth-order valence-electron chi connectivity index (χ4n) is 2.41. The summed E-state index contributed by atoms with van der Waals surface area (Å²) in [6, 6.07) is 7.55. The standard InChI is InChI=1S/C16H26N2O2/c1-4-12-17-15(13(2)3)10-7-9-14-8-5-6-11-16(14)18(19)20/h5-6,8,11,13,15,17H,4,7,9-10,12H2,1-3H3. The molecule has 0 saturated carbocycles. The molecule has 1 aromatic rings. The van der Waals surface area contributed by atoms with E-state index in [-0.39, 0.29) is 10.6 Å². The Balaban J connectivity index is 2.52. The van der Waals surface area contributed by atoms with Gasteiger partial charge in [-0.25, -0.2) is 0 Å². The Morgan fingerprint density at radius 1 is 1.30 bits per heavy atom. The molecule has 0 bridgehead atoms. The quantitative estimate of drug-likeness (QED) is 0.550. The number of benzene rings is 1. The monoisotopic (exact) mass is 278 g/mol. The number of nitro groups is 1. The van der Waals surface area contributed by atoms with Crippen LogP contribution in [0.15, 0.2) is 24.3 Å². The molecule has 1 rings (SSSR count). The second kappa shape index (κ2) is 8.69. The van der Waals surface area contributed by atoms with Crippen molar-refractivity contribution in [3.05, 3.63) is 39.9 Å². The second-order valence-electron chi connectivity index (χ2n) is 5.58. The molecular weight excluding hydrogens is 252 g/mol. The van der Waals surface area contributed by atoms with Crippen LogP contribution in [-0.2, 0) is 6.42 Å². The minimum Gasteiger partial charge on any atom is -0.314 e. The number of nitro benzene ring substituents is 1. The molecule has 1 N–H and O–H groups in total. The van der Waals surface area contributed by atoms with E-state index in [1.807, 2.05) is 12.1 Å². The summed E-state index contributed by atoms with van der Waals surface area (Å²) >= 11 is 0. The highest BCUT2D eigenvalue weighted by atomic mass is 16.6. The number of nitrogens with zero attached hydrogens (tertiary/aromatic N) is 1. The van der Waals surface area contributed by atoms with Crippen LogP contribution < -0.4 is 5.32 Å². The second-order valence-corrected chi connectivity index (χ2v) is 5.58. The molecule has 0 aliphatic rings. The topological polar surface area (TPSA) is 55.2 Å². The average molecular weight is 278 g/mol. The summed E-state index contributed by atoms with van der Waals surface area (Å²) in [4.78, 5) is 10.7. The first-order valence-corrected chi connectivity index (χ1v) is 7.52. The highest BCUT2D eigenvalue weighted by Gasteiger charge is 2.15. The third-order valence-electron chi connectivity index (χ3n) is 3.61. The number of nitrogens with one attached hydrogen (secondary N) is 1. The predicted octanol–water partition coefficient (Wildman–Crippen LogP) is 3.94. The smallest absolute Gasteiger partial charge is 0.272 e. The van der Waals surface area contributed by atoms with Crippen molar-refractivity contribution in [3.8, 4) is 0 Å². The molecule has 1 unspecified atom stereocenters. The van der Waals surface area contributed by atoms with Gasteiger partial charge in [-0.05, 0) is 38.1 Å². The van der Waals surface area contributed by atoms with Crippen molar-refractivity contribution in [3.63, 3.8) is 0 Å². The molecule has 0 amide bonds. The van der Waals surface area contributed by atoms with E-state index in [0.29, 0.717) is 12.0 Å². The van der Waals surface area contributed by atoms with Gasteiger partial charge in [-0.1, -0.05) is 39.0 Å². The lowest BCUT2D eigenvalue weighted by Crippen LogP contribution is -2.34. The van der Waals surface area contributed by atoms with Gasteiger partial charge in [0.1, 0.15) is 0 Å². The molecule has 112 valence electrons. The van der Waals surface area contributed by atoms with Gasteiger partial charge in [-0.15, -0.1) is 0 Å². The van der Waals surface area contributed by atoms with Crippen LogP contribution in [0.5, 0.6) is 0 Å². The van der Waals surface area contributed by atoms with Gasteiger partial charge in [0, 0.05) is 17.7 Å². The first-order chi connectivity index (χ1) is 9.56. The average Bonchev–Trinajstić information content (AvgIpc) is 2.42. The highest BCUT2D eigenvalue weighted by Crippen LogP contribution is 2.20. The van der Waals surface area contributed by atoms with Crippen LogP contribution in [0.1, 0.15) is 45.6 Å². The molecule has 1 aromatic carbocycles. The zero-order valence-corrected chi connectivity index (χ0v) is 12.8. The Kier molecular flexibility index (Phi) is 7.23. The van der Waals surface area contributed by atoms with Crippen LogP contribution in [-0.4, -0.2) is 17.5 Å². The summed E-state index contributed by atoms with van der Waals surface area (Å²) in [5.74, 6) is 0.590. The van der Waals surface area contributed by atoms with Gasteiger partial charge in [0.05, 0.1) is 4.92 Å². The van der Waals surface area contributed by atoms with Crippen LogP contribution in [0.2, 0.25) is 0 Å². The van der Waals surface area contributed by atoms with E-state index in [1.165, 1.54) is 0 Å². The molecule has 0 heterocycles. The minimum absolute atomic E-state index is 0.245. The van der Waals surface area contributed by atoms with Crippen LogP contribution in [0.4, 0.5) is 5.69 Å². The number of para-hydroxylation sites is 1. The molecule has 0 saturated heterocycles. The Morgan fingerprint density at radius 3 is 2.60 bits per heavy atom. The van der Waals surface area contributed by atoms with E-state index in [1.54, 1.807) is 12.1 Å². The van der Waals surface area contributed by atoms with Crippen LogP contribution in [0.25, 0.3) is 0 Å². The molecule has 0 fully saturated rings. The molecule has 0 spiro atoms. The number of aryl methyl sites for hydroxylation is 1. The molecule has 0 aliphatic heterocycles. The molecule has 1 atom stereocenters. The Hall–Kier alpha value is -1.42. The fourth-order valence-corrected chi connectivity index (χ4v) is 2.41. The van der Waals surface area contributed by atoms with Crippen molar-refractivity contribution >= 4 is 5.69 Å². The molecular formula is C16H26N2O2. The van der Waals surface area contributed by atoms with Gasteiger partial charge in [-0.2, -0.15) is 0 Å². The molecule has 0 aromatic heterocycles. The zero-order valence-electron chi connectivity index (χ0n) is 12.8. The number of rotatable bonds is 9. The Bertz CT molecular complexity index is 419. The van der Waals surface area contributed by atoms with Gasteiger partial charge in [0.15, 0.2) is 0 Å². The largest absolute Gasteiger partial charge is 0.314 e. The number of hydrogen-bond donors (Lipinski definition) is 1. The highest BCUT2D eigenvalue weighted by molar-refractivity contribution is 5.39. The maximum Gasteiger partial charge on any atom is 0.272 e. The van der Waals surface area contributed by atoms with Gasteiger partial charge in [0.25, 0.3) is 5.69 Å². The van der Waals surface area contributed by atoms with Crippen LogP contribution in [0.3, 0.4) is 0 Å². The molecule has 0 radical (unpaired) electrons. The van der Waals surface area contributed by atoms with Crippen molar-refractivity contribution in [1.82, 2.24) is 5.32 Å². The van der Waals surface area contributed by atoms with Crippen molar-refractivity contribution < 1.29 is 4.92 Å². The van der Waals surface area contributed by atoms with Crippen molar-refractivity contribution in [1.29, 1.82) is 0 Å². The third-order valence-corrected chi connectivity index (χ3v) is 3.61. The summed E-state index contributed by atoms with van der Waals surface area (Å²) in [6.45, 7) is 7.64. The van der Waals surface area contributed by atoms with Crippen LogP contribution >= 0.6 is 0 Å². The SMILES string of the molecule is CCCNC(CCCc1ccccc1[N+](=O)[O-])C(C)C. The van der Waals surface area contributed by atoms with Gasteiger partial charge >= 0.3 is 0 Å². The zero-order chi connectivity index (χ0) is 15.0. The maximum absolute atomic E-state index is 11.0. The minimum atomic E-state index is -0.287. The third kappa shape index (κ3) is 5.29. The summed E-state index contributed by atoms with van der Waals surface area (Å²) in [5, 5.41) is 14.5. The van der Waals surface area contributed by atoms with E-state index < -0.39 is 0 Å². The van der Waals surface area contributed by atoms with Crippen molar-refractivity contribution in [2.24, 2.45) is 5.92 Å². The molecule has 4 heteroatoms. The number of hydrogen-bond acceptors (Lipinski definition) is 3. The van der Waals surface area contributed by atoms with Gasteiger partial charge in [0.2, 0.25) is 0 Å². The van der Waals surface area contributed by atoms with Gasteiger partial charge < -0.3 is 5.32 Å². The lowest BCUT2D eigenvalue weighted by atomic mass is 9.96. The van der Waals surface area contributed by atoms with Crippen molar-refractivity contribution in [2.75, 3.05) is 6.54 Å². The van der Waals surface area contributed by atoms with E-state index in [4.69, 9.17) is 0 Å². The summed E-state index contributed by atoms with van der Waals surface area (Å²) in [6.07, 6.45) is 3.94. The predicted molar refractivity (Wildman–Crippen MR) is 83.0 cm³/mol. The van der Waals surface area contributed by atoms with E-state index in [9.17, 15) is 10.1 Å². The van der Waals surface area contributed by atoms with E-state index in [2.05, 4.69) is 26.1 Å². The van der Waals surface area contributed by atoms with E-state index >= 15 is 0 Å². The normalized spacial score (nSPS) is 12.6. The first kappa shape index (κ1) is 16.6. The van der Waals surface area contributed by atoms with Gasteiger partial charge in [-0.3, -0.25) is 10.1 Å². The van der Waals surface area contributed by atoms with Crippen LogP contribution in [0, 0.1) is 16.0 Å². The first-order valence-electron chi connectivity index (χ1n) is 7.52.